The van der Waals surface area contributed by atoms with Crippen molar-refractivity contribution in [3.63, 3.8) is 0 Å². The second-order valence-corrected chi connectivity index (χ2v) is 6.78. The number of benzene rings is 1. The Morgan fingerprint density at radius 2 is 2.12 bits per heavy atom. The number of carbonyl (C=O) groups excluding carboxylic acids is 2. The maximum Gasteiger partial charge on any atom is 0.253 e. The molecule has 1 aromatic carbocycles. The van der Waals surface area contributed by atoms with E-state index in [1.807, 2.05) is 24.3 Å². The Balaban J connectivity index is 1.76. The molecule has 2 amide bonds. The summed E-state index contributed by atoms with van der Waals surface area (Å²) in [4.78, 5) is 26.9. The second kappa shape index (κ2) is 6.91. The van der Waals surface area contributed by atoms with Gasteiger partial charge < -0.3 is 21.1 Å². The molecule has 24 heavy (non-hydrogen) atoms. The summed E-state index contributed by atoms with van der Waals surface area (Å²) in [6, 6.07) is 7.46. The average molecular weight is 331 g/mol. The smallest absolute Gasteiger partial charge is 0.253 e. The second-order valence-electron chi connectivity index (χ2n) is 6.78. The Labute approximate surface area is 142 Å². The third-order valence-corrected chi connectivity index (χ3v) is 5.24. The zero-order valence-electron chi connectivity index (χ0n) is 13.8. The van der Waals surface area contributed by atoms with Gasteiger partial charge >= 0.3 is 0 Å². The molecule has 2 heterocycles. The number of nitrogens with zero attached hydrogens (tertiary/aromatic N) is 1. The minimum Gasteiger partial charge on any atom is -0.392 e. The van der Waals surface area contributed by atoms with Crippen molar-refractivity contribution in [3.05, 3.63) is 35.4 Å². The first-order valence-corrected chi connectivity index (χ1v) is 8.61. The minimum atomic E-state index is -0.856. The molecule has 0 unspecified atom stereocenters. The number of aliphatic hydroxyl groups excluding tert-OH is 1. The Morgan fingerprint density at radius 1 is 1.38 bits per heavy atom. The molecule has 0 aliphatic carbocycles. The van der Waals surface area contributed by atoms with Crippen LogP contribution in [0.3, 0.4) is 0 Å². The summed E-state index contributed by atoms with van der Waals surface area (Å²) in [7, 11) is 0. The van der Waals surface area contributed by atoms with Gasteiger partial charge in [-0.1, -0.05) is 12.1 Å². The lowest BCUT2D eigenvalue weighted by atomic mass is 9.71. The number of nitrogens with two attached hydrogens (primary N) is 1. The van der Waals surface area contributed by atoms with Crippen LogP contribution in [0.5, 0.6) is 0 Å². The number of amides is 2. The van der Waals surface area contributed by atoms with Gasteiger partial charge in [0.25, 0.3) is 5.91 Å². The van der Waals surface area contributed by atoms with E-state index in [0.29, 0.717) is 38.0 Å². The van der Waals surface area contributed by atoms with Crippen LogP contribution < -0.4 is 11.1 Å². The Hall–Kier alpha value is -1.92. The summed E-state index contributed by atoms with van der Waals surface area (Å²) in [6.45, 7) is 1.97. The first-order chi connectivity index (χ1) is 11.6. The van der Waals surface area contributed by atoms with Gasteiger partial charge in [0.1, 0.15) is 0 Å². The van der Waals surface area contributed by atoms with Gasteiger partial charge in [0.15, 0.2) is 0 Å². The number of rotatable bonds is 3. The lowest BCUT2D eigenvalue weighted by molar-refractivity contribution is -0.147. The molecule has 0 saturated carbocycles. The molecule has 2 atom stereocenters. The lowest BCUT2D eigenvalue weighted by Crippen LogP contribution is -2.62. The molecule has 0 radical (unpaired) electrons. The van der Waals surface area contributed by atoms with Crippen molar-refractivity contribution in [1.29, 1.82) is 0 Å². The van der Waals surface area contributed by atoms with E-state index in [9.17, 15) is 14.7 Å². The molecule has 2 aliphatic rings. The molecule has 6 nitrogen and oxygen atoms in total. The molecule has 1 spiro atoms. The van der Waals surface area contributed by atoms with Crippen molar-refractivity contribution in [2.45, 2.75) is 31.8 Å². The van der Waals surface area contributed by atoms with Crippen LogP contribution in [0, 0.1) is 5.41 Å². The van der Waals surface area contributed by atoms with Gasteiger partial charge in [-0.25, -0.2) is 0 Å². The Bertz CT molecular complexity index is 616. The summed E-state index contributed by atoms with van der Waals surface area (Å²) in [5.74, 6) is -0.212. The van der Waals surface area contributed by atoms with Crippen LogP contribution in [-0.2, 0) is 11.2 Å². The molecule has 6 heteroatoms. The summed E-state index contributed by atoms with van der Waals surface area (Å²) in [5.41, 5.74) is 6.40. The fourth-order valence-electron chi connectivity index (χ4n) is 3.78. The Morgan fingerprint density at radius 3 is 2.79 bits per heavy atom. The molecule has 2 fully saturated rings. The van der Waals surface area contributed by atoms with Crippen molar-refractivity contribution >= 4 is 11.8 Å². The molecule has 0 aromatic heterocycles. The van der Waals surface area contributed by atoms with Gasteiger partial charge in [0.2, 0.25) is 5.91 Å². The predicted molar refractivity (Wildman–Crippen MR) is 90.4 cm³/mol. The molecule has 2 aliphatic heterocycles. The first-order valence-electron chi connectivity index (χ1n) is 8.61. The van der Waals surface area contributed by atoms with Crippen LogP contribution in [0.1, 0.15) is 35.2 Å². The number of likely N-dealkylation sites (tertiary alicyclic amines) is 1. The van der Waals surface area contributed by atoms with Gasteiger partial charge in [-0.15, -0.1) is 0 Å². The van der Waals surface area contributed by atoms with Crippen LogP contribution in [0.2, 0.25) is 0 Å². The molecule has 130 valence electrons. The molecule has 3 rings (SSSR count). The zero-order chi connectivity index (χ0) is 17.2. The molecule has 2 saturated heterocycles. The summed E-state index contributed by atoms with van der Waals surface area (Å²) >= 11 is 0. The van der Waals surface area contributed by atoms with Crippen molar-refractivity contribution in [3.8, 4) is 0 Å². The van der Waals surface area contributed by atoms with Crippen LogP contribution >= 0.6 is 0 Å². The van der Waals surface area contributed by atoms with Crippen LogP contribution in [0.4, 0.5) is 0 Å². The maximum atomic E-state index is 12.8. The van der Waals surface area contributed by atoms with Gasteiger partial charge in [-0.05, 0) is 49.9 Å². The highest BCUT2D eigenvalue weighted by Crippen LogP contribution is 2.37. The third-order valence-electron chi connectivity index (χ3n) is 5.24. The topological polar surface area (TPSA) is 95.7 Å². The van der Waals surface area contributed by atoms with E-state index < -0.39 is 11.5 Å². The van der Waals surface area contributed by atoms with Crippen molar-refractivity contribution in [2.24, 2.45) is 11.1 Å². The SMILES string of the molecule is NCCc1ccc(C(=O)N2CC[C@H](O)[C@@]3(CCCNC3=O)C2)cc1. The molecule has 0 bridgehead atoms. The minimum absolute atomic E-state index is 0.0843. The van der Waals surface area contributed by atoms with Gasteiger partial charge in [0, 0.05) is 25.2 Å². The van der Waals surface area contributed by atoms with Crippen molar-refractivity contribution in [2.75, 3.05) is 26.2 Å². The highest BCUT2D eigenvalue weighted by atomic mass is 16.3. The number of nitrogens with one attached hydrogen (secondary N) is 1. The summed E-state index contributed by atoms with van der Waals surface area (Å²) in [5, 5.41) is 13.3. The molecular formula is C18H25N3O3. The maximum absolute atomic E-state index is 12.8. The van der Waals surface area contributed by atoms with E-state index in [0.717, 1.165) is 18.4 Å². The lowest BCUT2D eigenvalue weighted by Gasteiger charge is -2.46. The van der Waals surface area contributed by atoms with E-state index in [1.54, 1.807) is 4.90 Å². The monoisotopic (exact) mass is 331 g/mol. The highest BCUT2D eigenvalue weighted by Gasteiger charge is 2.50. The largest absolute Gasteiger partial charge is 0.392 e. The quantitative estimate of drug-likeness (QED) is 0.742. The van der Waals surface area contributed by atoms with Crippen molar-refractivity contribution in [1.82, 2.24) is 10.2 Å². The van der Waals surface area contributed by atoms with E-state index in [4.69, 9.17) is 5.73 Å². The van der Waals surface area contributed by atoms with E-state index in [-0.39, 0.29) is 18.4 Å². The first kappa shape index (κ1) is 16.9. The van der Waals surface area contributed by atoms with Crippen LogP contribution in [0.25, 0.3) is 0 Å². The highest BCUT2D eigenvalue weighted by molar-refractivity contribution is 5.95. The standard InChI is InChI=1S/C18H25N3O3/c19-9-6-13-2-4-14(5-3-13)16(23)21-11-7-15(22)18(12-21)8-1-10-20-17(18)24/h2-5,15,22H,1,6-12,19H2,(H,20,24)/t15-,18+/m0/s1. The average Bonchev–Trinajstić information content (AvgIpc) is 2.60. The molecule has 1 aromatic rings. The fraction of sp³-hybridized carbons (Fsp3) is 0.556. The number of hydrogen-bond donors (Lipinski definition) is 3. The zero-order valence-corrected chi connectivity index (χ0v) is 13.8. The summed E-state index contributed by atoms with van der Waals surface area (Å²) in [6.07, 6.45) is 1.99. The Kier molecular flexibility index (Phi) is 4.87. The number of aliphatic hydroxyl groups is 1. The molecular weight excluding hydrogens is 306 g/mol. The van der Waals surface area contributed by atoms with E-state index in [2.05, 4.69) is 5.32 Å². The number of piperidine rings is 2. The van der Waals surface area contributed by atoms with E-state index in [1.165, 1.54) is 0 Å². The van der Waals surface area contributed by atoms with Crippen molar-refractivity contribution < 1.29 is 14.7 Å². The predicted octanol–water partition coefficient (Wildman–Crippen LogP) is 0.291. The van der Waals surface area contributed by atoms with Gasteiger partial charge in [0.05, 0.1) is 11.5 Å². The van der Waals surface area contributed by atoms with Gasteiger partial charge in [-0.2, -0.15) is 0 Å². The summed E-state index contributed by atoms with van der Waals surface area (Å²) < 4.78 is 0. The number of carbonyl (C=O) groups is 2. The fourth-order valence-corrected chi connectivity index (χ4v) is 3.78. The molecule has 4 N–H and O–H groups in total. The van der Waals surface area contributed by atoms with Crippen LogP contribution in [-0.4, -0.2) is 54.1 Å². The normalized spacial score (nSPS) is 27.2. The third kappa shape index (κ3) is 3.03. The number of hydrogen-bond acceptors (Lipinski definition) is 4. The van der Waals surface area contributed by atoms with Crippen LogP contribution in [0.15, 0.2) is 24.3 Å². The van der Waals surface area contributed by atoms with E-state index >= 15 is 0 Å². The van der Waals surface area contributed by atoms with Gasteiger partial charge in [-0.3, -0.25) is 9.59 Å².